The SMILES string of the molecule is Cn1nnc2c1CC(C(=O)N1CC(C)(C)CC1c1ccccc1)CC2. The third-order valence-corrected chi connectivity index (χ3v) is 5.73. The maximum atomic E-state index is 13.4. The first-order valence-electron chi connectivity index (χ1n) is 9.17. The van der Waals surface area contributed by atoms with Crippen molar-refractivity contribution in [2.45, 2.75) is 45.6 Å². The molecule has 0 saturated carbocycles. The van der Waals surface area contributed by atoms with E-state index in [1.54, 1.807) is 0 Å². The van der Waals surface area contributed by atoms with E-state index in [9.17, 15) is 4.79 Å². The van der Waals surface area contributed by atoms with Gasteiger partial charge in [-0.05, 0) is 30.2 Å². The Kier molecular flexibility index (Phi) is 3.89. The van der Waals surface area contributed by atoms with Crippen molar-refractivity contribution in [2.24, 2.45) is 18.4 Å². The maximum Gasteiger partial charge on any atom is 0.226 e. The summed E-state index contributed by atoms with van der Waals surface area (Å²) >= 11 is 0. The number of fused-ring (bicyclic) bond motifs is 1. The summed E-state index contributed by atoms with van der Waals surface area (Å²) in [7, 11) is 1.92. The lowest BCUT2D eigenvalue weighted by molar-refractivity contribution is -0.137. The van der Waals surface area contributed by atoms with Gasteiger partial charge < -0.3 is 4.90 Å². The van der Waals surface area contributed by atoms with E-state index >= 15 is 0 Å². The van der Waals surface area contributed by atoms with Crippen LogP contribution >= 0.6 is 0 Å². The minimum absolute atomic E-state index is 0.0461. The van der Waals surface area contributed by atoms with E-state index in [0.717, 1.165) is 43.6 Å². The number of aromatic nitrogens is 3. The Bertz CT molecular complexity index is 780. The number of hydrogen-bond acceptors (Lipinski definition) is 3. The Morgan fingerprint density at radius 3 is 2.76 bits per heavy atom. The zero-order chi connectivity index (χ0) is 17.6. The summed E-state index contributed by atoms with van der Waals surface area (Å²) in [6.45, 7) is 5.36. The van der Waals surface area contributed by atoms with Crippen LogP contribution in [0.15, 0.2) is 30.3 Å². The monoisotopic (exact) mass is 338 g/mol. The molecular weight excluding hydrogens is 312 g/mol. The zero-order valence-corrected chi connectivity index (χ0v) is 15.3. The lowest BCUT2D eigenvalue weighted by atomic mass is 9.88. The average molecular weight is 338 g/mol. The van der Waals surface area contributed by atoms with Gasteiger partial charge >= 0.3 is 0 Å². The number of carbonyl (C=O) groups excluding carboxylic acids is 1. The van der Waals surface area contributed by atoms with Crippen LogP contribution in [-0.2, 0) is 24.7 Å². The van der Waals surface area contributed by atoms with E-state index in [-0.39, 0.29) is 17.4 Å². The Labute approximate surface area is 149 Å². The van der Waals surface area contributed by atoms with Crippen LogP contribution in [0.25, 0.3) is 0 Å². The highest BCUT2D eigenvalue weighted by Gasteiger charge is 2.43. The normalized spacial score (nSPS) is 25.0. The number of carbonyl (C=O) groups is 1. The van der Waals surface area contributed by atoms with E-state index in [1.807, 2.05) is 17.8 Å². The number of amides is 1. The standard InChI is InChI=1S/C20H26N4O/c1-20(2)12-18(14-7-5-4-6-8-14)24(13-20)19(25)15-9-10-16-17(11-15)23(3)22-21-16/h4-8,15,18H,9-13H2,1-3H3. The molecule has 5 nitrogen and oxygen atoms in total. The van der Waals surface area contributed by atoms with Gasteiger partial charge in [-0.1, -0.05) is 49.4 Å². The second-order valence-corrected chi connectivity index (χ2v) is 8.31. The molecule has 0 N–H and O–H groups in total. The van der Waals surface area contributed by atoms with Crippen molar-refractivity contribution in [3.8, 4) is 0 Å². The largest absolute Gasteiger partial charge is 0.335 e. The van der Waals surface area contributed by atoms with Crippen LogP contribution < -0.4 is 0 Å². The molecule has 132 valence electrons. The molecule has 1 aromatic carbocycles. The molecule has 5 heteroatoms. The molecule has 25 heavy (non-hydrogen) atoms. The number of rotatable bonds is 2. The van der Waals surface area contributed by atoms with Crippen molar-refractivity contribution in [2.75, 3.05) is 6.54 Å². The molecule has 1 saturated heterocycles. The van der Waals surface area contributed by atoms with E-state index in [1.165, 1.54) is 5.56 Å². The third kappa shape index (κ3) is 2.96. The van der Waals surface area contributed by atoms with Crippen molar-refractivity contribution in [1.82, 2.24) is 19.9 Å². The van der Waals surface area contributed by atoms with Gasteiger partial charge in [-0.25, -0.2) is 0 Å². The highest BCUT2D eigenvalue weighted by molar-refractivity contribution is 5.80. The van der Waals surface area contributed by atoms with Gasteiger partial charge in [0.25, 0.3) is 0 Å². The minimum Gasteiger partial charge on any atom is -0.335 e. The van der Waals surface area contributed by atoms with Crippen molar-refractivity contribution in [3.05, 3.63) is 47.3 Å². The third-order valence-electron chi connectivity index (χ3n) is 5.73. The van der Waals surface area contributed by atoms with Gasteiger partial charge in [-0.15, -0.1) is 5.10 Å². The summed E-state index contributed by atoms with van der Waals surface area (Å²) in [5.74, 6) is 0.344. The molecule has 1 amide bonds. The van der Waals surface area contributed by atoms with Crippen molar-refractivity contribution in [1.29, 1.82) is 0 Å². The molecule has 0 bridgehead atoms. The van der Waals surface area contributed by atoms with Gasteiger partial charge in [0.2, 0.25) is 5.91 Å². The van der Waals surface area contributed by atoms with Crippen LogP contribution in [0, 0.1) is 11.3 Å². The Hall–Kier alpha value is -2.17. The summed E-state index contributed by atoms with van der Waals surface area (Å²) < 4.78 is 1.83. The van der Waals surface area contributed by atoms with Gasteiger partial charge in [0.05, 0.1) is 17.4 Å². The van der Waals surface area contributed by atoms with Crippen molar-refractivity contribution in [3.63, 3.8) is 0 Å². The van der Waals surface area contributed by atoms with Crippen LogP contribution in [0.5, 0.6) is 0 Å². The first-order chi connectivity index (χ1) is 11.9. The summed E-state index contributed by atoms with van der Waals surface area (Å²) in [5.41, 5.74) is 3.59. The molecule has 2 atom stereocenters. The number of nitrogens with zero attached hydrogens (tertiary/aromatic N) is 4. The highest BCUT2D eigenvalue weighted by Crippen LogP contribution is 2.44. The fourth-order valence-corrected chi connectivity index (χ4v) is 4.43. The number of aryl methyl sites for hydroxylation is 2. The first-order valence-corrected chi connectivity index (χ1v) is 9.17. The smallest absolute Gasteiger partial charge is 0.226 e. The summed E-state index contributed by atoms with van der Waals surface area (Å²) in [5, 5.41) is 8.34. The van der Waals surface area contributed by atoms with Crippen LogP contribution in [0.4, 0.5) is 0 Å². The van der Waals surface area contributed by atoms with Gasteiger partial charge in [0.1, 0.15) is 0 Å². The second-order valence-electron chi connectivity index (χ2n) is 8.31. The second kappa shape index (κ2) is 5.97. The van der Waals surface area contributed by atoms with Gasteiger partial charge in [-0.3, -0.25) is 9.48 Å². The van der Waals surface area contributed by atoms with Crippen molar-refractivity contribution >= 4 is 5.91 Å². The molecule has 2 unspecified atom stereocenters. The number of hydrogen-bond donors (Lipinski definition) is 0. The fourth-order valence-electron chi connectivity index (χ4n) is 4.43. The van der Waals surface area contributed by atoms with Crippen LogP contribution in [-0.4, -0.2) is 32.3 Å². The lowest BCUT2D eigenvalue weighted by Crippen LogP contribution is -2.39. The molecule has 0 spiro atoms. The van der Waals surface area contributed by atoms with E-state index in [4.69, 9.17) is 0 Å². The topological polar surface area (TPSA) is 51.0 Å². The summed E-state index contributed by atoms with van der Waals surface area (Å²) in [6.07, 6.45) is 3.51. The molecule has 2 aliphatic rings. The predicted molar refractivity (Wildman–Crippen MR) is 95.8 cm³/mol. The predicted octanol–water partition coefficient (Wildman–Crippen LogP) is 2.92. The molecule has 0 radical (unpaired) electrons. The molecule has 1 aliphatic carbocycles. The van der Waals surface area contributed by atoms with Gasteiger partial charge in [0.15, 0.2) is 0 Å². The highest BCUT2D eigenvalue weighted by atomic mass is 16.2. The molecule has 1 aliphatic heterocycles. The Morgan fingerprint density at radius 1 is 1.24 bits per heavy atom. The maximum absolute atomic E-state index is 13.4. The summed E-state index contributed by atoms with van der Waals surface area (Å²) in [6, 6.07) is 10.7. The fraction of sp³-hybridized carbons (Fsp3) is 0.550. The minimum atomic E-state index is 0.0461. The van der Waals surface area contributed by atoms with E-state index in [0.29, 0.717) is 5.91 Å². The first kappa shape index (κ1) is 16.3. The number of likely N-dealkylation sites (tertiary alicyclic amines) is 1. The van der Waals surface area contributed by atoms with Crippen LogP contribution in [0.3, 0.4) is 0 Å². The summed E-state index contributed by atoms with van der Waals surface area (Å²) in [4.78, 5) is 15.5. The Morgan fingerprint density at radius 2 is 2.00 bits per heavy atom. The quantitative estimate of drug-likeness (QED) is 0.846. The van der Waals surface area contributed by atoms with E-state index in [2.05, 4.69) is 53.3 Å². The Balaban J connectivity index is 1.59. The van der Waals surface area contributed by atoms with E-state index < -0.39 is 0 Å². The molecule has 4 rings (SSSR count). The van der Waals surface area contributed by atoms with Gasteiger partial charge in [0, 0.05) is 25.9 Å². The molecule has 1 aromatic heterocycles. The molecule has 2 heterocycles. The average Bonchev–Trinajstić information content (AvgIpc) is 3.14. The van der Waals surface area contributed by atoms with Gasteiger partial charge in [-0.2, -0.15) is 0 Å². The molecule has 2 aromatic rings. The molecular formula is C20H26N4O. The molecule has 1 fully saturated rings. The van der Waals surface area contributed by atoms with Crippen LogP contribution in [0.1, 0.15) is 49.7 Å². The zero-order valence-electron chi connectivity index (χ0n) is 15.3. The van der Waals surface area contributed by atoms with Crippen LogP contribution in [0.2, 0.25) is 0 Å². The lowest BCUT2D eigenvalue weighted by Gasteiger charge is -2.31. The number of benzene rings is 1. The van der Waals surface area contributed by atoms with Crippen molar-refractivity contribution < 1.29 is 4.79 Å².